The third-order valence-electron chi connectivity index (χ3n) is 5.26. The summed E-state index contributed by atoms with van der Waals surface area (Å²) in [4.78, 5) is 2.69. The molecule has 3 rings (SSSR count). The first kappa shape index (κ1) is 15.6. The first-order valence-corrected chi connectivity index (χ1v) is 8.80. The molecule has 1 saturated heterocycles. The van der Waals surface area contributed by atoms with E-state index in [1.165, 1.54) is 37.7 Å². The maximum atomic E-state index is 6.44. The lowest BCUT2D eigenvalue weighted by Crippen LogP contribution is -2.62. The molecule has 1 heterocycles. The summed E-state index contributed by atoms with van der Waals surface area (Å²) in [7, 11) is 0. The second-order valence-electron chi connectivity index (χ2n) is 6.50. The van der Waals surface area contributed by atoms with E-state index in [0.717, 1.165) is 24.7 Å². The average Bonchev–Trinajstić information content (AvgIpc) is 2.48. The molecule has 1 N–H and O–H groups in total. The van der Waals surface area contributed by atoms with Crippen LogP contribution in [-0.2, 0) is 0 Å². The van der Waals surface area contributed by atoms with Crippen LogP contribution < -0.4 is 5.32 Å². The summed E-state index contributed by atoms with van der Waals surface area (Å²) in [5, 5.41) is 5.11. The first-order chi connectivity index (χ1) is 10.1. The third-order valence-corrected chi connectivity index (χ3v) is 5.82. The van der Waals surface area contributed by atoms with Gasteiger partial charge in [0, 0.05) is 41.3 Å². The second kappa shape index (κ2) is 6.45. The van der Waals surface area contributed by atoms with Crippen molar-refractivity contribution in [1.82, 2.24) is 10.2 Å². The molecule has 0 radical (unpaired) electrons. The molecule has 4 heteroatoms. The molecule has 2 nitrogen and oxygen atoms in total. The van der Waals surface area contributed by atoms with Gasteiger partial charge in [0.1, 0.15) is 0 Å². The van der Waals surface area contributed by atoms with Gasteiger partial charge in [-0.15, -0.1) is 0 Å². The predicted octanol–water partition coefficient (Wildman–Crippen LogP) is 4.66. The Morgan fingerprint density at radius 1 is 1.19 bits per heavy atom. The molecule has 1 aromatic carbocycles. The number of nitrogens with zero attached hydrogens (tertiary/aromatic N) is 1. The van der Waals surface area contributed by atoms with Crippen LogP contribution in [-0.4, -0.2) is 30.1 Å². The minimum atomic E-state index is 0.318. The lowest BCUT2D eigenvalue weighted by Gasteiger charge is -2.52. The number of rotatable bonds is 2. The maximum Gasteiger partial charge on any atom is 0.0468 e. The van der Waals surface area contributed by atoms with Crippen molar-refractivity contribution in [2.75, 3.05) is 19.6 Å². The molecule has 1 saturated carbocycles. The van der Waals surface area contributed by atoms with Gasteiger partial charge in [-0.05, 0) is 37.5 Å². The van der Waals surface area contributed by atoms with Gasteiger partial charge in [-0.25, -0.2) is 0 Å². The summed E-state index contributed by atoms with van der Waals surface area (Å²) in [6.45, 7) is 5.57. The van der Waals surface area contributed by atoms with Crippen molar-refractivity contribution in [1.29, 1.82) is 0 Å². The molecular weight excluding hydrogens is 303 g/mol. The Morgan fingerprint density at radius 3 is 2.67 bits per heavy atom. The van der Waals surface area contributed by atoms with Crippen molar-refractivity contribution in [3.63, 3.8) is 0 Å². The van der Waals surface area contributed by atoms with Crippen LogP contribution in [0.2, 0.25) is 10.0 Å². The fourth-order valence-electron chi connectivity index (χ4n) is 4.15. The molecule has 1 aromatic rings. The summed E-state index contributed by atoms with van der Waals surface area (Å²) in [5.41, 5.74) is 1.52. The molecular formula is C17H24Cl2N2. The van der Waals surface area contributed by atoms with Gasteiger partial charge in [-0.1, -0.05) is 48.5 Å². The number of piperazine rings is 1. The van der Waals surface area contributed by atoms with Crippen molar-refractivity contribution in [3.8, 4) is 0 Å². The average molecular weight is 327 g/mol. The summed E-state index contributed by atoms with van der Waals surface area (Å²) in [6, 6.07) is 6.25. The van der Waals surface area contributed by atoms with Gasteiger partial charge in [0.25, 0.3) is 0 Å². The lowest BCUT2D eigenvalue weighted by molar-refractivity contribution is -0.00275. The van der Waals surface area contributed by atoms with Crippen molar-refractivity contribution in [3.05, 3.63) is 33.8 Å². The molecule has 21 heavy (non-hydrogen) atoms. The highest BCUT2D eigenvalue weighted by Crippen LogP contribution is 2.41. The first-order valence-electron chi connectivity index (χ1n) is 8.05. The highest BCUT2D eigenvalue weighted by atomic mass is 35.5. The van der Waals surface area contributed by atoms with Crippen LogP contribution in [0.15, 0.2) is 18.2 Å². The van der Waals surface area contributed by atoms with Crippen LogP contribution in [0.3, 0.4) is 0 Å². The summed E-state index contributed by atoms with van der Waals surface area (Å²) in [6.07, 6.45) is 6.68. The molecule has 0 bridgehead atoms. The summed E-state index contributed by atoms with van der Waals surface area (Å²) >= 11 is 12.5. The molecule has 2 aliphatic rings. The van der Waals surface area contributed by atoms with Crippen molar-refractivity contribution >= 4 is 23.2 Å². The predicted molar refractivity (Wildman–Crippen MR) is 90.3 cm³/mol. The Morgan fingerprint density at radius 2 is 1.95 bits per heavy atom. The van der Waals surface area contributed by atoms with E-state index in [9.17, 15) is 0 Å². The van der Waals surface area contributed by atoms with Gasteiger partial charge in [0.2, 0.25) is 0 Å². The van der Waals surface area contributed by atoms with Gasteiger partial charge in [-0.3, -0.25) is 4.90 Å². The molecule has 1 atom stereocenters. The normalized spacial score (nSPS) is 24.1. The van der Waals surface area contributed by atoms with Crippen molar-refractivity contribution in [2.24, 2.45) is 0 Å². The number of nitrogens with one attached hydrogen (secondary N) is 1. The van der Waals surface area contributed by atoms with Crippen LogP contribution in [0.4, 0.5) is 0 Å². The second-order valence-corrected chi connectivity index (χ2v) is 7.34. The molecule has 116 valence electrons. The molecule has 1 aliphatic heterocycles. The Hall–Kier alpha value is -0.280. The maximum absolute atomic E-state index is 6.44. The SMILES string of the molecule is CC(c1ccc(Cl)cc1Cl)N1CCNCC12CCCCC2. The number of hydrogen-bond acceptors (Lipinski definition) is 2. The van der Waals surface area contributed by atoms with Crippen molar-refractivity contribution < 1.29 is 0 Å². The zero-order valence-corrected chi connectivity index (χ0v) is 14.2. The minimum absolute atomic E-state index is 0.318. The number of benzene rings is 1. The molecule has 0 aromatic heterocycles. The van der Waals surface area contributed by atoms with E-state index in [-0.39, 0.29) is 0 Å². The molecule has 0 amide bonds. The van der Waals surface area contributed by atoms with E-state index in [1.807, 2.05) is 12.1 Å². The van der Waals surface area contributed by atoms with Gasteiger partial charge < -0.3 is 5.32 Å². The highest BCUT2D eigenvalue weighted by molar-refractivity contribution is 6.35. The lowest BCUT2D eigenvalue weighted by atomic mass is 9.78. The van der Waals surface area contributed by atoms with E-state index in [0.29, 0.717) is 16.6 Å². The van der Waals surface area contributed by atoms with Crippen LogP contribution >= 0.6 is 23.2 Å². The van der Waals surface area contributed by atoms with E-state index < -0.39 is 0 Å². The fraction of sp³-hybridized carbons (Fsp3) is 0.647. The zero-order valence-electron chi connectivity index (χ0n) is 12.7. The number of hydrogen-bond donors (Lipinski definition) is 1. The smallest absolute Gasteiger partial charge is 0.0468 e. The quantitative estimate of drug-likeness (QED) is 0.850. The summed E-state index contributed by atoms with van der Waals surface area (Å²) in [5.74, 6) is 0. The fourth-order valence-corrected chi connectivity index (χ4v) is 4.71. The van der Waals surface area contributed by atoms with Crippen LogP contribution in [0, 0.1) is 0 Å². The van der Waals surface area contributed by atoms with Crippen LogP contribution in [0.1, 0.15) is 50.6 Å². The Labute approximate surface area is 137 Å². The van der Waals surface area contributed by atoms with Gasteiger partial charge in [-0.2, -0.15) is 0 Å². The van der Waals surface area contributed by atoms with Crippen LogP contribution in [0.5, 0.6) is 0 Å². The van der Waals surface area contributed by atoms with Crippen LogP contribution in [0.25, 0.3) is 0 Å². The van der Waals surface area contributed by atoms with E-state index in [4.69, 9.17) is 23.2 Å². The van der Waals surface area contributed by atoms with Crippen molar-refractivity contribution in [2.45, 2.75) is 50.6 Å². The molecule has 1 aliphatic carbocycles. The standard InChI is InChI=1S/C17H24Cl2N2/c1-13(15-6-5-14(18)11-16(15)19)21-10-9-20-12-17(21)7-3-2-4-8-17/h5-6,11,13,20H,2-4,7-10,12H2,1H3. The zero-order chi connectivity index (χ0) is 14.9. The Kier molecular flexibility index (Phi) is 4.80. The van der Waals surface area contributed by atoms with Gasteiger partial charge in [0.05, 0.1) is 0 Å². The van der Waals surface area contributed by atoms with Gasteiger partial charge >= 0.3 is 0 Å². The topological polar surface area (TPSA) is 15.3 Å². The largest absolute Gasteiger partial charge is 0.314 e. The third kappa shape index (κ3) is 3.10. The minimum Gasteiger partial charge on any atom is -0.314 e. The van der Waals surface area contributed by atoms with E-state index in [2.05, 4.69) is 23.2 Å². The number of halogens is 2. The monoisotopic (exact) mass is 326 g/mol. The molecule has 2 fully saturated rings. The Balaban J connectivity index is 1.88. The summed E-state index contributed by atoms with van der Waals surface area (Å²) < 4.78 is 0. The van der Waals surface area contributed by atoms with Gasteiger partial charge in [0.15, 0.2) is 0 Å². The van der Waals surface area contributed by atoms with E-state index in [1.54, 1.807) is 0 Å². The molecule has 1 spiro atoms. The molecule has 1 unspecified atom stereocenters. The van der Waals surface area contributed by atoms with E-state index >= 15 is 0 Å². The highest BCUT2D eigenvalue weighted by Gasteiger charge is 2.42. The Bertz CT molecular complexity index is 489.